The molecule has 9 nitrogen and oxygen atoms in total. The van der Waals surface area contributed by atoms with E-state index >= 15 is 4.39 Å². The molecule has 1 amide bonds. The number of nitrogens with zero attached hydrogens (tertiary/aromatic N) is 4. The molecule has 2 aromatic heterocycles. The van der Waals surface area contributed by atoms with Gasteiger partial charge in [-0.15, -0.1) is 21.5 Å². The maximum absolute atomic E-state index is 15.5. The highest BCUT2D eigenvalue weighted by atomic mass is 35.5. The van der Waals surface area contributed by atoms with Crippen LogP contribution in [0.15, 0.2) is 21.4 Å². The molecule has 1 N–H and O–H groups in total. The Morgan fingerprint density at radius 2 is 1.74 bits per heavy atom. The fourth-order valence-corrected chi connectivity index (χ4v) is 7.37. The predicted octanol–water partition coefficient (Wildman–Crippen LogP) is 6.11. The van der Waals surface area contributed by atoms with Crippen molar-refractivity contribution in [3.05, 3.63) is 34.6 Å². The van der Waals surface area contributed by atoms with E-state index in [9.17, 15) is 40.3 Å². The van der Waals surface area contributed by atoms with Crippen LogP contribution < -0.4 is 0 Å². The van der Waals surface area contributed by atoms with Crippen molar-refractivity contribution in [1.82, 2.24) is 20.1 Å². The highest BCUT2D eigenvalue weighted by Crippen LogP contribution is 2.44. The first-order valence-electron chi connectivity index (χ1n) is 12.6. The number of hydrogen-bond acceptors (Lipinski definition) is 9. The number of amides is 1. The molecule has 0 unspecified atom stereocenters. The van der Waals surface area contributed by atoms with Crippen LogP contribution >= 0.6 is 22.9 Å². The molecule has 1 saturated heterocycles. The monoisotopic (exact) mass is 674 g/mol. The van der Waals surface area contributed by atoms with Crippen LogP contribution in [0.2, 0.25) is 5.02 Å². The molecule has 0 bridgehead atoms. The highest BCUT2D eigenvalue weighted by molar-refractivity contribution is 7.91. The number of halogens is 7. The Balaban J connectivity index is 1.81. The van der Waals surface area contributed by atoms with Gasteiger partial charge in [0.05, 0.1) is 21.1 Å². The van der Waals surface area contributed by atoms with Gasteiger partial charge >= 0.3 is 6.18 Å². The lowest BCUT2D eigenvalue weighted by atomic mass is 9.96. The largest absolute Gasteiger partial charge is 0.415 e. The second-order valence-electron chi connectivity index (χ2n) is 11.2. The minimum atomic E-state index is -4.91. The van der Waals surface area contributed by atoms with Gasteiger partial charge in [-0.3, -0.25) is 4.79 Å². The molecule has 4 rings (SSSR count). The van der Waals surface area contributed by atoms with Gasteiger partial charge in [0, 0.05) is 31.5 Å². The van der Waals surface area contributed by atoms with Crippen LogP contribution in [0.4, 0.5) is 26.3 Å². The summed E-state index contributed by atoms with van der Waals surface area (Å²) in [7, 11) is -4.85. The van der Waals surface area contributed by atoms with E-state index in [4.69, 9.17) is 16.0 Å². The summed E-state index contributed by atoms with van der Waals surface area (Å²) in [4.78, 5) is 17.6. The molecule has 1 aliphatic heterocycles. The first-order valence-corrected chi connectivity index (χ1v) is 15.4. The van der Waals surface area contributed by atoms with Crippen LogP contribution in [0.1, 0.15) is 56.9 Å². The molecule has 0 radical (unpaired) electrons. The molecule has 43 heavy (non-hydrogen) atoms. The van der Waals surface area contributed by atoms with Crippen molar-refractivity contribution in [3.63, 3.8) is 0 Å². The van der Waals surface area contributed by atoms with Crippen molar-refractivity contribution >= 4 is 38.7 Å². The van der Waals surface area contributed by atoms with E-state index < -0.39 is 73.2 Å². The maximum Gasteiger partial charge on any atom is 0.394 e. The number of sulfone groups is 1. The SMILES string of the molecule is CC(C)(O)c1nnc(-c2nc(C(=O)N3CCC(F)(F)CC3)c(-c3ccc(S(=O)(=O)CC(C)(C)C(F)(F)F)c(F)c3Cl)s2)o1. The summed E-state index contributed by atoms with van der Waals surface area (Å²) in [5.74, 6) is -7.27. The summed E-state index contributed by atoms with van der Waals surface area (Å²) in [6.07, 6.45) is -6.13. The van der Waals surface area contributed by atoms with Gasteiger partial charge in [-0.2, -0.15) is 13.2 Å². The number of aliphatic hydroxyl groups is 1. The molecule has 0 saturated carbocycles. The molecule has 1 aliphatic rings. The lowest BCUT2D eigenvalue weighted by Crippen LogP contribution is -2.43. The van der Waals surface area contributed by atoms with Crippen molar-refractivity contribution < 1.29 is 49.1 Å². The smallest absolute Gasteiger partial charge is 0.394 e. The Hall–Kier alpha value is -2.76. The average Bonchev–Trinajstić information content (AvgIpc) is 3.51. The molecule has 0 atom stereocenters. The van der Waals surface area contributed by atoms with Gasteiger partial charge < -0.3 is 14.4 Å². The molecule has 0 spiro atoms. The Bertz CT molecular complexity index is 1650. The highest BCUT2D eigenvalue weighted by Gasteiger charge is 2.50. The summed E-state index contributed by atoms with van der Waals surface area (Å²) in [5.41, 5.74) is -4.88. The Morgan fingerprint density at radius 1 is 1.14 bits per heavy atom. The summed E-state index contributed by atoms with van der Waals surface area (Å²) >= 11 is 6.93. The van der Waals surface area contributed by atoms with Gasteiger partial charge in [-0.25, -0.2) is 26.6 Å². The second kappa shape index (κ2) is 11.0. The average molecular weight is 675 g/mol. The molecule has 3 aromatic rings. The number of thiazole rings is 1. The van der Waals surface area contributed by atoms with Crippen LogP contribution in [0, 0.1) is 11.2 Å². The van der Waals surface area contributed by atoms with E-state index in [2.05, 4.69) is 15.2 Å². The predicted molar refractivity (Wildman–Crippen MR) is 143 cm³/mol. The number of hydrogen-bond donors (Lipinski definition) is 1. The third-order valence-corrected chi connectivity index (χ3v) is 10.2. The lowest BCUT2D eigenvalue weighted by Gasteiger charge is -2.31. The summed E-state index contributed by atoms with van der Waals surface area (Å²) in [5, 5.41) is 16.8. The molecule has 1 aromatic carbocycles. The number of carbonyl (C=O) groups excluding carboxylic acids is 1. The van der Waals surface area contributed by atoms with Crippen molar-refractivity contribution in [2.75, 3.05) is 18.8 Å². The number of piperidine rings is 1. The van der Waals surface area contributed by atoms with Crippen LogP contribution in [-0.2, 0) is 15.4 Å². The zero-order valence-corrected chi connectivity index (χ0v) is 25.4. The van der Waals surface area contributed by atoms with Crippen LogP contribution in [-0.4, -0.2) is 70.5 Å². The molecular formula is C25H25ClF6N4O5S2. The van der Waals surface area contributed by atoms with E-state index in [1.165, 1.54) is 13.8 Å². The van der Waals surface area contributed by atoms with Crippen LogP contribution in [0.3, 0.4) is 0 Å². The van der Waals surface area contributed by atoms with E-state index in [-0.39, 0.29) is 46.0 Å². The normalized spacial score (nSPS) is 16.5. The van der Waals surface area contributed by atoms with Gasteiger partial charge in [0.1, 0.15) is 16.2 Å². The molecule has 3 heterocycles. The van der Waals surface area contributed by atoms with E-state index in [0.717, 1.165) is 17.0 Å². The summed E-state index contributed by atoms with van der Waals surface area (Å²) in [6.45, 7) is 3.41. The van der Waals surface area contributed by atoms with E-state index in [1.54, 1.807) is 0 Å². The van der Waals surface area contributed by atoms with Gasteiger partial charge in [0.25, 0.3) is 17.7 Å². The van der Waals surface area contributed by atoms with Gasteiger partial charge in [-0.1, -0.05) is 31.5 Å². The Kier molecular flexibility index (Phi) is 8.47. The second-order valence-corrected chi connectivity index (χ2v) is 14.5. The molecule has 1 fully saturated rings. The maximum atomic E-state index is 15.5. The standard InChI is InChI=1S/C25H25ClF6N4O5S2/c1-22(2,25(30,31)32)11-43(39,40)13-6-5-12(14(26)15(13)27)17-16(20(37)36-9-7-24(28,29)8-10-36)33-19(42-17)18-34-35-21(41-18)23(3,4)38/h5-6,38H,7-11H2,1-4H3. The van der Waals surface area contributed by atoms with E-state index in [1.807, 2.05) is 0 Å². The molecule has 18 heteroatoms. The van der Waals surface area contributed by atoms with Crippen molar-refractivity contribution in [2.45, 2.75) is 63.1 Å². The zero-order chi connectivity index (χ0) is 32.3. The van der Waals surface area contributed by atoms with E-state index in [0.29, 0.717) is 25.2 Å². The van der Waals surface area contributed by atoms with Gasteiger partial charge in [0.2, 0.25) is 5.89 Å². The van der Waals surface area contributed by atoms with Crippen molar-refractivity contribution in [3.8, 4) is 21.3 Å². The van der Waals surface area contributed by atoms with Crippen LogP contribution in [0.5, 0.6) is 0 Å². The Morgan fingerprint density at radius 3 is 2.28 bits per heavy atom. The van der Waals surface area contributed by atoms with Crippen molar-refractivity contribution in [1.29, 1.82) is 0 Å². The number of benzene rings is 1. The molecule has 0 aliphatic carbocycles. The quantitative estimate of drug-likeness (QED) is 0.298. The Labute approximate surface area is 250 Å². The van der Waals surface area contributed by atoms with Gasteiger partial charge in [0.15, 0.2) is 20.7 Å². The lowest BCUT2D eigenvalue weighted by molar-refractivity contribution is -0.203. The topological polar surface area (TPSA) is 126 Å². The number of aromatic nitrogens is 3. The molecule has 236 valence electrons. The summed E-state index contributed by atoms with van der Waals surface area (Å²) < 4.78 is 114. The fourth-order valence-electron chi connectivity index (χ4n) is 4.06. The molecular weight excluding hydrogens is 650 g/mol. The van der Waals surface area contributed by atoms with Crippen molar-refractivity contribution in [2.24, 2.45) is 5.41 Å². The van der Waals surface area contributed by atoms with Crippen LogP contribution in [0.25, 0.3) is 21.3 Å². The first-order chi connectivity index (χ1) is 19.5. The number of alkyl halides is 5. The number of carbonyl (C=O) groups is 1. The third kappa shape index (κ3) is 6.68. The zero-order valence-electron chi connectivity index (χ0n) is 23.0. The minimum absolute atomic E-state index is 0.0937. The first kappa shape index (κ1) is 33.1. The minimum Gasteiger partial charge on any atom is -0.415 e. The number of rotatable bonds is 7. The third-order valence-electron chi connectivity index (χ3n) is 6.69. The fraction of sp³-hybridized carbons (Fsp3) is 0.520. The van der Waals surface area contributed by atoms with Gasteiger partial charge in [-0.05, 0) is 19.9 Å². The number of likely N-dealkylation sites (tertiary alicyclic amines) is 1. The summed E-state index contributed by atoms with van der Waals surface area (Å²) in [6, 6.07) is 1.74.